The summed E-state index contributed by atoms with van der Waals surface area (Å²) in [6, 6.07) is 5.77. The lowest BCUT2D eigenvalue weighted by Gasteiger charge is -2.09. The Kier molecular flexibility index (Phi) is 5.81. The molecule has 2 N–H and O–H groups in total. The summed E-state index contributed by atoms with van der Waals surface area (Å²) in [5.41, 5.74) is 4.17. The standard InChI is InChI=1S/C13H17NO5/c1-9-3-4-11(10(2)7-9)18-6-5-12(15)14-19-8-13(16)17/h3-4,7H,5-6,8H2,1-2H3,(H,14,15)(H,16,17). The molecule has 6 heteroatoms. The monoisotopic (exact) mass is 267 g/mol. The van der Waals surface area contributed by atoms with Crippen LogP contribution >= 0.6 is 0 Å². The number of hydrogen-bond acceptors (Lipinski definition) is 4. The quantitative estimate of drug-likeness (QED) is 0.725. The van der Waals surface area contributed by atoms with Gasteiger partial charge in [-0.25, -0.2) is 10.3 Å². The van der Waals surface area contributed by atoms with Gasteiger partial charge in [0.2, 0.25) is 5.91 Å². The van der Waals surface area contributed by atoms with Crippen LogP contribution in [0.15, 0.2) is 18.2 Å². The molecular formula is C13H17NO5. The average Bonchev–Trinajstić information content (AvgIpc) is 2.31. The number of hydroxylamine groups is 1. The Morgan fingerprint density at radius 1 is 1.32 bits per heavy atom. The smallest absolute Gasteiger partial charge is 0.332 e. The van der Waals surface area contributed by atoms with Crippen molar-refractivity contribution >= 4 is 11.9 Å². The van der Waals surface area contributed by atoms with Crippen LogP contribution in [-0.2, 0) is 14.4 Å². The van der Waals surface area contributed by atoms with E-state index in [1.807, 2.05) is 37.5 Å². The van der Waals surface area contributed by atoms with E-state index in [0.717, 1.165) is 16.9 Å². The van der Waals surface area contributed by atoms with Gasteiger partial charge >= 0.3 is 5.97 Å². The first kappa shape index (κ1) is 15.0. The Bertz CT molecular complexity index is 458. The molecular weight excluding hydrogens is 250 g/mol. The first-order chi connectivity index (χ1) is 8.99. The molecule has 104 valence electrons. The maximum atomic E-state index is 11.2. The second-order valence-corrected chi connectivity index (χ2v) is 4.08. The molecule has 1 aromatic rings. The van der Waals surface area contributed by atoms with Gasteiger partial charge in [-0.3, -0.25) is 9.63 Å². The highest BCUT2D eigenvalue weighted by Crippen LogP contribution is 2.18. The van der Waals surface area contributed by atoms with Gasteiger partial charge in [-0.15, -0.1) is 0 Å². The number of carbonyl (C=O) groups excluding carboxylic acids is 1. The van der Waals surface area contributed by atoms with E-state index >= 15 is 0 Å². The summed E-state index contributed by atoms with van der Waals surface area (Å²) >= 11 is 0. The Labute approximate surface area is 111 Å². The molecule has 0 spiro atoms. The fourth-order valence-electron chi connectivity index (χ4n) is 1.44. The van der Waals surface area contributed by atoms with Crippen molar-refractivity contribution in [3.63, 3.8) is 0 Å². The summed E-state index contributed by atoms with van der Waals surface area (Å²) in [7, 11) is 0. The van der Waals surface area contributed by atoms with E-state index in [1.54, 1.807) is 0 Å². The number of benzene rings is 1. The van der Waals surface area contributed by atoms with E-state index in [9.17, 15) is 9.59 Å². The molecule has 0 radical (unpaired) electrons. The third-order valence-corrected chi connectivity index (χ3v) is 2.30. The van der Waals surface area contributed by atoms with Crippen LogP contribution in [0.1, 0.15) is 17.5 Å². The van der Waals surface area contributed by atoms with E-state index in [4.69, 9.17) is 9.84 Å². The normalized spacial score (nSPS) is 10.0. The van der Waals surface area contributed by atoms with E-state index in [2.05, 4.69) is 4.84 Å². The minimum absolute atomic E-state index is 0.0902. The van der Waals surface area contributed by atoms with E-state index in [1.165, 1.54) is 0 Å². The van der Waals surface area contributed by atoms with Gasteiger partial charge in [0.1, 0.15) is 5.75 Å². The molecule has 0 bridgehead atoms. The zero-order valence-electron chi connectivity index (χ0n) is 10.9. The van der Waals surface area contributed by atoms with Crippen molar-refractivity contribution in [1.29, 1.82) is 0 Å². The van der Waals surface area contributed by atoms with Crippen molar-refractivity contribution < 1.29 is 24.3 Å². The van der Waals surface area contributed by atoms with Gasteiger partial charge in [0.05, 0.1) is 13.0 Å². The second kappa shape index (κ2) is 7.38. The maximum Gasteiger partial charge on any atom is 0.332 e. The highest BCUT2D eigenvalue weighted by Gasteiger charge is 2.05. The summed E-state index contributed by atoms with van der Waals surface area (Å²) in [5.74, 6) is -0.845. The topological polar surface area (TPSA) is 84.9 Å². The van der Waals surface area contributed by atoms with E-state index in [-0.39, 0.29) is 13.0 Å². The van der Waals surface area contributed by atoms with E-state index in [0.29, 0.717) is 0 Å². The first-order valence-electron chi connectivity index (χ1n) is 5.81. The van der Waals surface area contributed by atoms with Crippen LogP contribution in [0.4, 0.5) is 0 Å². The molecule has 19 heavy (non-hydrogen) atoms. The largest absolute Gasteiger partial charge is 0.493 e. The van der Waals surface area contributed by atoms with Crippen molar-refractivity contribution in [2.45, 2.75) is 20.3 Å². The van der Waals surface area contributed by atoms with Crippen LogP contribution in [0.2, 0.25) is 0 Å². The highest BCUT2D eigenvalue weighted by atomic mass is 16.7. The third kappa shape index (κ3) is 5.87. The molecule has 0 aliphatic rings. The summed E-state index contributed by atoms with van der Waals surface area (Å²) in [6.45, 7) is 3.55. The van der Waals surface area contributed by atoms with Crippen molar-refractivity contribution in [3.05, 3.63) is 29.3 Å². The van der Waals surface area contributed by atoms with Crippen LogP contribution < -0.4 is 10.2 Å². The minimum atomic E-state index is -1.15. The number of aryl methyl sites for hydroxylation is 2. The van der Waals surface area contributed by atoms with Crippen LogP contribution in [0.25, 0.3) is 0 Å². The molecule has 0 heterocycles. The highest BCUT2D eigenvalue weighted by molar-refractivity contribution is 5.75. The van der Waals surface area contributed by atoms with Gasteiger partial charge in [-0.1, -0.05) is 17.7 Å². The summed E-state index contributed by atoms with van der Waals surface area (Å²) in [4.78, 5) is 25.8. The van der Waals surface area contributed by atoms with Crippen molar-refractivity contribution in [1.82, 2.24) is 5.48 Å². The molecule has 1 rings (SSSR count). The molecule has 0 aliphatic heterocycles. The number of carboxylic acid groups (broad SMARTS) is 1. The molecule has 0 aliphatic carbocycles. The third-order valence-electron chi connectivity index (χ3n) is 2.30. The van der Waals surface area contributed by atoms with Gasteiger partial charge in [-0.2, -0.15) is 0 Å². The van der Waals surface area contributed by atoms with Gasteiger partial charge in [0.15, 0.2) is 6.61 Å². The zero-order chi connectivity index (χ0) is 14.3. The average molecular weight is 267 g/mol. The SMILES string of the molecule is Cc1ccc(OCCC(=O)NOCC(=O)O)c(C)c1. The van der Waals surface area contributed by atoms with Crippen molar-refractivity contribution in [2.24, 2.45) is 0 Å². The molecule has 1 amide bonds. The first-order valence-corrected chi connectivity index (χ1v) is 5.81. The molecule has 1 aromatic carbocycles. The molecule has 0 fully saturated rings. The number of aliphatic carboxylic acids is 1. The lowest BCUT2D eigenvalue weighted by Crippen LogP contribution is -2.27. The predicted octanol–water partition coefficient (Wildman–Crippen LogP) is 1.20. The van der Waals surface area contributed by atoms with Crippen LogP contribution in [0.3, 0.4) is 0 Å². The zero-order valence-corrected chi connectivity index (χ0v) is 10.9. The van der Waals surface area contributed by atoms with E-state index < -0.39 is 18.5 Å². The van der Waals surface area contributed by atoms with Crippen LogP contribution in [-0.4, -0.2) is 30.2 Å². The van der Waals surface area contributed by atoms with Crippen LogP contribution in [0.5, 0.6) is 5.75 Å². The number of ether oxygens (including phenoxy) is 1. The number of hydrogen-bond donors (Lipinski definition) is 2. The minimum Gasteiger partial charge on any atom is -0.493 e. The molecule has 0 aromatic heterocycles. The maximum absolute atomic E-state index is 11.2. The van der Waals surface area contributed by atoms with Crippen molar-refractivity contribution in [3.8, 4) is 5.75 Å². The summed E-state index contributed by atoms with van der Waals surface area (Å²) in [5, 5.41) is 8.30. The predicted molar refractivity (Wildman–Crippen MR) is 67.8 cm³/mol. The second-order valence-electron chi connectivity index (χ2n) is 4.08. The Balaban J connectivity index is 2.26. The van der Waals surface area contributed by atoms with Gasteiger partial charge in [0, 0.05) is 0 Å². The number of carbonyl (C=O) groups is 2. The van der Waals surface area contributed by atoms with Crippen LogP contribution in [0, 0.1) is 13.8 Å². The Hall–Kier alpha value is -2.08. The molecule has 0 saturated heterocycles. The molecule has 0 atom stereocenters. The van der Waals surface area contributed by atoms with Gasteiger partial charge < -0.3 is 9.84 Å². The van der Waals surface area contributed by atoms with Crippen molar-refractivity contribution in [2.75, 3.05) is 13.2 Å². The van der Waals surface area contributed by atoms with Gasteiger partial charge in [0.25, 0.3) is 0 Å². The van der Waals surface area contributed by atoms with Gasteiger partial charge in [-0.05, 0) is 25.5 Å². The summed E-state index contributed by atoms with van der Waals surface area (Å²) < 4.78 is 5.46. The number of carboxylic acids is 1. The Morgan fingerprint density at radius 3 is 2.68 bits per heavy atom. The molecule has 6 nitrogen and oxygen atoms in total. The fourth-order valence-corrected chi connectivity index (χ4v) is 1.44. The fraction of sp³-hybridized carbons (Fsp3) is 0.385. The molecule has 0 unspecified atom stereocenters. The Morgan fingerprint density at radius 2 is 2.05 bits per heavy atom. The molecule has 0 saturated carbocycles. The summed E-state index contributed by atoms with van der Waals surface area (Å²) in [6.07, 6.45) is 0.0902. The number of rotatable bonds is 7. The lowest BCUT2D eigenvalue weighted by molar-refractivity contribution is -0.149. The number of amides is 1. The number of nitrogens with one attached hydrogen (secondary N) is 1. The lowest BCUT2D eigenvalue weighted by atomic mass is 10.1.